The first-order valence-electron chi connectivity index (χ1n) is 6.84. The molecule has 0 radical (unpaired) electrons. The van der Waals surface area contributed by atoms with E-state index in [1.54, 1.807) is 18.3 Å². The molecule has 2 rings (SSSR count). The van der Waals surface area contributed by atoms with Gasteiger partial charge in [0.15, 0.2) is 11.6 Å². The molecule has 2 aromatic rings. The van der Waals surface area contributed by atoms with Crippen LogP contribution in [0.5, 0.6) is 5.75 Å². The van der Waals surface area contributed by atoms with Crippen molar-refractivity contribution in [1.29, 1.82) is 0 Å². The van der Waals surface area contributed by atoms with Gasteiger partial charge in [-0.05, 0) is 47.1 Å². The number of halogens is 2. The molecule has 0 aliphatic rings. The number of methoxy groups -OCH3 is 1. The van der Waals surface area contributed by atoms with Crippen molar-refractivity contribution in [2.75, 3.05) is 14.2 Å². The maximum atomic E-state index is 13.6. The van der Waals surface area contributed by atoms with E-state index < -0.39 is 0 Å². The van der Waals surface area contributed by atoms with Crippen LogP contribution in [0.1, 0.15) is 30.6 Å². The van der Waals surface area contributed by atoms with Crippen molar-refractivity contribution in [3.8, 4) is 5.75 Å². The summed E-state index contributed by atoms with van der Waals surface area (Å²) in [5, 5.41) is 7.65. The van der Waals surface area contributed by atoms with Gasteiger partial charge in [-0.25, -0.2) is 4.39 Å². The zero-order valence-corrected chi connectivity index (χ0v) is 13.9. The third kappa shape index (κ3) is 3.27. The Labute approximate surface area is 132 Å². The Kier molecular flexibility index (Phi) is 5.36. The average Bonchev–Trinajstić information content (AvgIpc) is 2.83. The van der Waals surface area contributed by atoms with Crippen LogP contribution >= 0.6 is 15.9 Å². The first kappa shape index (κ1) is 16.0. The Morgan fingerprint density at radius 3 is 2.86 bits per heavy atom. The third-order valence-corrected chi connectivity index (χ3v) is 3.95. The van der Waals surface area contributed by atoms with Crippen LogP contribution in [0.15, 0.2) is 28.9 Å². The Bertz CT molecular complexity index is 615. The van der Waals surface area contributed by atoms with Gasteiger partial charge in [0.1, 0.15) is 0 Å². The summed E-state index contributed by atoms with van der Waals surface area (Å²) < 4.78 is 21.5. The van der Waals surface area contributed by atoms with Gasteiger partial charge in [0.05, 0.1) is 29.5 Å². The molecule has 114 valence electrons. The minimum atomic E-state index is -0.364. The van der Waals surface area contributed by atoms with E-state index in [4.69, 9.17) is 4.74 Å². The fourth-order valence-corrected chi connectivity index (χ4v) is 2.89. The van der Waals surface area contributed by atoms with Crippen LogP contribution in [-0.4, -0.2) is 23.9 Å². The van der Waals surface area contributed by atoms with E-state index in [2.05, 4.69) is 33.3 Å². The number of benzene rings is 1. The van der Waals surface area contributed by atoms with Crippen LogP contribution in [0.3, 0.4) is 0 Å². The summed E-state index contributed by atoms with van der Waals surface area (Å²) in [7, 11) is 3.34. The van der Waals surface area contributed by atoms with Crippen LogP contribution < -0.4 is 10.1 Å². The van der Waals surface area contributed by atoms with E-state index in [9.17, 15) is 4.39 Å². The number of aryl methyl sites for hydroxylation is 1. The zero-order chi connectivity index (χ0) is 15.4. The SMILES string of the molecule is CCCn1ncc(Br)c1C(NC)c1ccc(F)c(OC)c1. The van der Waals surface area contributed by atoms with Crippen LogP contribution in [0, 0.1) is 5.82 Å². The molecule has 0 saturated heterocycles. The predicted molar refractivity (Wildman–Crippen MR) is 84.1 cm³/mol. The Balaban J connectivity index is 2.47. The lowest BCUT2D eigenvalue weighted by Crippen LogP contribution is -2.22. The number of nitrogens with zero attached hydrogens (tertiary/aromatic N) is 2. The Morgan fingerprint density at radius 2 is 2.24 bits per heavy atom. The number of ether oxygens (including phenoxy) is 1. The second kappa shape index (κ2) is 7.04. The van der Waals surface area contributed by atoms with Crippen molar-refractivity contribution in [3.05, 3.63) is 45.9 Å². The molecule has 1 aromatic carbocycles. The number of rotatable bonds is 6. The van der Waals surface area contributed by atoms with E-state index in [0.29, 0.717) is 0 Å². The fourth-order valence-electron chi connectivity index (χ4n) is 2.37. The summed E-state index contributed by atoms with van der Waals surface area (Å²) in [4.78, 5) is 0. The molecule has 1 atom stereocenters. The molecule has 0 spiro atoms. The Hall–Kier alpha value is -1.40. The molecule has 0 aliphatic carbocycles. The summed E-state index contributed by atoms with van der Waals surface area (Å²) >= 11 is 3.55. The lowest BCUT2D eigenvalue weighted by molar-refractivity contribution is 0.385. The van der Waals surface area contributed by atoms with Crippen molar-refractivity contribution >= 4 is 15.9 Å². The topological polar surface area (TPSA) is 39.1 Å². The summed E-state index contributed by atoms with van der Waals surface area (Å²) in [5.41, 5.74) is 1.95. The molecule has 4 nitrogen and oxygen atoms in total. The van der Waals surface area contributed by atoms with Crippen LogP contribution in [0.4, 0.5) is 4.39 Å². The predicted octanol–water partition coefficient (Wildman–Crippen LogP) is 3.51. The van der Waals surface area contributed by atoms with Crippen molar-refractivity contribution in [2.24, 2.45) is 0 Å². The third-order valence-electron chi connectivity index (χ3n) is 3.34. The quantitative estimate of drug-likeness (QED) is 0.861. The lowest BCUT2D eigenvalue weighted by Gasteiger charge is -2.20. The standard InChI is InChI=1S/C15H19BrFN3O/c1-4-7-20-15(11(16)9-19-20)14(18-2)10-5-6-12(17)13(8-10)21-3/h5-6,8-9,14,18H,4,7H2,1-3H3. The molecule has 0 bridgehead atoms. The van der Waals surface area contributed by atoms with Crippen molar-refractivity contribution in [2.45, 2.75) is 25.9 Å². The second-order valence-corrected chi connectivity index (χ2v) is 5.57. The first-order chi connectivity index (χ1) is 10.1. The molecule has 0 saturated carbocycles. The van der Waals surface area contributed by atoms with Gasteiger partial charge in [-0.15, -0.1) is 0 Å². The molecule has 1 unspecified atom stereocenters. The van der Waals surface area contributed by atoms with Gasteiger partial charge in [-0.3, -0.25) is 4.68 Å². The van der Waals surface area contributed by atoms with Crippen LogP contribution in [-0.2, 0) is 6.54 Å². The Morgan fingerprint density at radius 1 is 1.48 bits per heavy atom. The van der Waals surface area contributed by atoms with E-state index in [1.165, 1.54) is 13.2 Å². The average molecular weight is 356 g/mol. The minimum absolute atomic E-state index is 0.0945. The number of aromatic nitrogens is 2. The minimum Gasteiger partial charge on any atom is -0.494 e. The highest BCUT2D eigenvalue weighted by Crippen LogP contribution is 2.31. The molecule has 0 fully saturated rings. The van der Waals surface area contributed by atoms with Gasteiger partial charge in [-0.2, -0.15) is 5.10 Å². The largest absolute Gasteiger partial charge is 0.494 e. The molecular weight excluding hydrogens is 337 g/mol. The van der Waals surface area contributed by atoms with Crippen molar-refractivity contribution < 1.29 is 9.13 Å². The lowest BCUT2D eigenvalue weighted by atomic mass is 10.0. The van der Waals surface area contributed by atoms with Crippen molar-refractivity contribution in [3.63, 3.8) is 0 Å². The summed E-state index contributed by atoms with van der Waals surface area (Å²) in [5.74, 6) is -0.123. The molecule has 0 aliphatic heterocycles. The van der Waals surface area contributed by atoms with Gasteiger partial charge in [0, 0.05) is 6.54 Å². The normalized spacial score (nSPS) is 12.4. The molecule has 0 amide bonds. The van der Waals surface area contributed by atoms with Crippen LogP contribution in [0.25, 0.3) is 0 Å². The second-order valence-electron chi connectivity index (χ2n) is 4.72. The fraction of sp³-hybridized carbons (Fsp3) is 0.400. The smallest absolute Gasteiger partial charge is 0.165 e. The van der Waals surface area contributed by atoms with Gasteiger partial charge in [0.2, 0.25) is 0 Å². The number of hydrogen-bond donors (Lipinski definition) is 1. The number of hydrogen-bond acceptors (Lipinski definition) is 3. The molecule has 6 heteroatoms. The van der Waals surface area contributed by atoms with Gasteiger partial charge in [0.25, 0.3) is 0 Å². The first-order valence-corrected chi connectivity index (χ1v) is 7.63. The summed E-state index contributed by atoms with van der Waals surface area (Å²) in [6.07, 6.45) is 2.78. The molecule has 1 heterocycles. The highest BCUT2D eigenvalue weighted by molar-refractivity contribution is 9.10. The van der Waals surface area contributed by atoms with E-state index >= 15 is 0 Å². The van der Waals surface area contributed by atoms with Crippen molar-refractivity contribution in [1.82, 2.24) is 15.1 Å². The van der Waals surface area contributed by atoms with E-state index in [1.807, 2.05) is 11.7 Å². The van der Waals surface area contributed by atoms with Crippen LogP contribution in [0.2, 0.25) is 0 Å². The maximum absolute atomic E-state index is 13.6. The van der Waals surface area contributed by atoms with E-state index in [0.717, 1.165) is 28.7 Å². The molecular formula is C15H19BrFN3O. The van der Waals surface area contributed by atoms with Gasteiger partial charge >= 0.3 is 0 Å². The zero-order valence-electron chi connectivity index (χ0n) is 12.4. The molecule has 1 N–H and O–H groups in total. The molecule has 1 aromatic heterocycles. The highest BCUT2D eigenvalue weighted by Gasteiger charge is 2.21. The van der Waals surface area contributed by atoms with Gasteiger partial charge in [-0.1, -0.05) is 13.0 Å². The van der Waals surface area contributed by atoms with E-state index in [-0.39, 0.29) is 17.6 Å². The monoisotopic (exact) mass is 355 g/mol. The van der Waals surface area contributed by atoms with Gasteiger partial charge < -0.3 is 10.1 Å². The number of nitrogens with one attached hydrogen (secondary N) is 1. The molecule has 21 heavy (non-hydrogen) atoms. The summed E-state index contributed by atoms with van der Waals surface area (Å²) in [6, 6.07) is 4.80. The summed E-state index contributed by atoms with van der Waals surface area (Å²) in [6.45, 7) is 2.94. The maximum Gasteiger partial charge on any atom is 0.165 e. The highest BCUT2D eigenvalue weighted by atomic mass is 79.9.